The molecule has 21 heavy (non-hydrogen) atoms. The van der Waals surface area contributed by atoms with Crippen LogP contribution >= 0.6 is 0 Å². The topological polar surface area (TPSA) is 87.7 Å². The van der Waals surface area contributed by atoms with Crippen molar-refractivity contribution in [3.05, 3.63) is 64.5 Å². The van der Waals surface area contributed by atoms with E-state index >= 15 is 0 Å². The molecule has 1 heterocycles. The third-order valence-electron chi connectivity index (χ3n) is 3.01. The van der Waals surface area contributed by atoms with Gasteiger partial charge in [0.25, 0.3) is 5.89 Å². The van der Waals surface area contributed by atoms with E-state index in [1.165, 1.54) is 5.56 Å². The number of aryl methyl sites for hydroxylation is 1. The van der Waals surface area contributed by atoms with Gasteiger partial charge in [-0.05, 0) is 24.6 Å². The Kier molecular flexibility index (Phi) is 3.37. The van der Waals surface area contributed by atoms with Crippen molar-refractivity contribution in [1.29, 1.82) is 0 Å². The summed E-state index contributed by atoms with van der Waals surface area (Å²) in [5, 5.41) is 7.50. The summed E-state index contributed by atoms with van der Waals surface area (Å²) in [5.41, 5.74) is 11.8. The maximum Gasteiger partial charge on any atom is 0.258 e. The highest BCUT2D eigenvalue weighted by atomic mass is 16.5. The molecule has 0 saturated heterocycles. The predicted molar refractivity (Wildman–Crippen MR) is 78.7 cm³/mol. The molecule has 2 aromatic carbocycles. The van der Waals surface area contributed by atoms with E-state index in [2.05, 4.69) is 20.2 Å². The maximum atomic E-state index is 8.37. The molecule has 0 aliphatic carbocycles. The molecule has 0 amide bonds. The van der Waals surface area contributed by atoms with E-state index in [4.69, 9.17) is 10.1 Å². The van der Waals surface area contributed by atoms with Crippen LogP contribution in [0.1, 0.15) is 5.56 Å². The van der Waals surface area contributed by atoms with Gasteiger partial charge in [-0.15, -0.1) is 0 Å². The Labute approximate surface area is 120 Å². The molecule has 6 heteroatoms. The average molecular weight is 277 g/mol. The summed E-state index contributed by atoms with van der Waals surface area (Å²) in [7, 11) is 0. The zero-order chi connectivity index (χ0) is 14.7. The highest BCUT2D eigenvalue weighted by Crippen LogP contribution is 2.24. The van der Waals surface area contributed by atoms with Crippen LogP contribution in [0.25, 0.3) is 33.3 Å². The van der Waals surface area contributed by atoms with Gasteiger partial charge in [0.05, 0.1) is 0 Å². The molecule has 0 saturated carbocycles. The largest absolute Gasteiger partial charge is 0.334 e. The summed E-state index contributed by atoms with van der Waals surface area (Å²) in [6.45, 7) is 2.02. The maximum absolute atomic E-state index is 8.37. The molecule has 0 N–H and O–H groups in total. The Morgan fingerprint density at radius 2 is 1.67 bits per heavy atom. The number of aromatic nitrogens is 2. The van der Waals surface area contributed by atoms with Gasteiger partial charge in [-0.25, -0.2) is 0 Å². The van der Waals surface area contributed by atoms with Crippen molar-refractivity contribution < 1.29 is 4.52 Å². The zero-order valence-electron chi connectivity index (χ0n) is 11.3. The van der Waals surface area contributed by atoms with Crippen molar-refractivity contribution in [2.24, 2.45) is 5.11 Å². The van der Waals surface area contributed by atoms with Crippen molar-refractivity contribution in [1.82, 2.24) is 10.1 Å². The predicted octanol–water partition coefficient (Wildman–Crippen LogP) is 4.65. The highest BCUT2D eigenvalue weighted by Gasteiger charge is 2.10. The molecule has 0 spiro atoms. The fourth-order valence-electron chi connectivity index (χ4n) is 1.88. The Morgan fingerprint density at radius 3 is 2.33 bits per heavy atom. The SMILES string of the molecule is Cc1ccc(-c2noc(-c3ccc(N=[N+]=[N-])cc3)n2)cc1. The molecule has 102 valence electrons. The standard InChI is InChI=1S/C15H11N5O/c1-10-2-4-11(5-3-10)14-17-15(21-19-14)12-6-8-13(9-7-12)18-20-16/h2-9H,1H3. The lowest BCUT2D eigenvalue weighted by Gasteiger charge is -1.95. The molecule has 0 aliphatic rings. The van der Waals surface area contributed by atoms with Gasteiger partial charge < -0.3 is 4.52 Å². The van der Waals surface area contributed by atoms with Crippen LogP contribution in [0.5, 0.6) is 0 Å². The molecule has 3 aromatic rings. The molecular weight excluding hydrogens is 266 g/mol. The zero-order valence-corrected chi connectivity index (χ0v) is 11.3. The molecule has 3 rings (SSSR count). The first-order chi connectivity index (χ1) is 10.3. The Hall–Kier alpha value is -3.11. The minimum atomic E-state index is 0.429. The lowest BCUT2D eigenvalue weighted by atomic mass is 10.1. The number of hydrogen-bond acceptors (Lipinski definition) is 4. The van der Waals surface area contributed by atoms with Crippen LogP contribution in [0.4, 0.5) is 5.69 Å². The number of azide groups is 1. The minimum Gasteiger partial charge on any atom is -0.334 e. The van der Waals surface area contributed by atoms with Crippen LogP contribution in [-0.4, -0.2) is 10.1 Å². The Morgan fingerprint density at radius 1 is 1.00 bits per heavy atom. The fraction of sp³-hybridized carbons (Fsp3) is 0.0667. The summed E-state index contributed by atoms with van der Waals surface area (Å²) in [6.07, 6.45) is 0. The van der Waals surface area contributed by atoms with Crippen LogP contribution in [0.2, 0.25) is 0 Å². The summed E-state index contributed by atoms with van der Waals surface area (Å²) < 4.78 is 5.27. The molecule has 1 aromatic heterocycles. The third-order valence-corrected chi connectivity index (χ3v) is 3.01. The van der Waals surface area contributed by atoms with Crippen molar-refractivity contribution in [3.8, 4) is 22.8 Å². The van der Waals surface area contributed by atoms with Crippen LogP contribution < -0.4 is 0 Å². The lowest BCUT2D eigenvalue weighted by molar-refractivity contribution is 0.432. The van der Waals surface area contributed by atoms with Gasteiger partial charge in [0.1, 0.15) is 0 Å². The molecular formula is C15H11N5O. The second kappa shape index (κ2) is 5.48. The van der Waals surface area contributed by atoms with Gasteiger partial charge in [-0.1, -0.05) is 52.2 Å². The first-order valence-electron chi connectivity index (χ1n) is 6.32. The van der Waals surface area contributed by atoms with E-state index in [0.29, 0.717) is 17.4 Å². The number of hydrogen-bond donors (Lipinski definition) is 0. The molecule has 0 bridgehead atoms. The molecule has 6 nitrogen and oxygen atoms in total. The van der Waals surface area contributed by atoms with Crippen molar-refractivity contribution in [2.75, 3.05) is 0 Å². The third kappa shape index (κ3) is 2.75. The summed E-state index contributed by atoms with van der Waals surface area (Å²) >= 11 is 0. The Balaban J connectivity index is 1.90. The molecule has 0 atom stereocenters. The first kappa shape index (κ1) is 12.9. The molecule has 0 fully saturated rings. The Bertz CT molecular complexity index is 799. The summed E-state index contributed by atoms with van der Waals surface area (Å²) in [5.74, 6) is 0.974. The van der Waals surface area contributed by atoms with E-state index in [1.807, 2.05) is 31.2 Å². The van der Waals surface area contributed by atoms with Gasteiger partial charge in [0, 0.05) is 21.7 Å². The van der Waals surface area contributed by atoms with Crippen molar-refractivity contribution in [3.63, 3.8) is 0 Å². The van der Waals surface area contributed by atoms with Crippen LogP contribution in [0.3, 0.4) is 0 Å². The van der Waals surface area contributed by atoms with Crippen LogP contribution in [-0.2, 0) is 0 Å². The fourth-order valence-corrected chi connectivity index (χ4v) is 1.88. The van der Waals surface area contributed by atoms with Gasteiger partial charge in [0.2, 0.25) is 5.82 Å². The second-order valence-corrected chi connectivity index (χ2v) is 4.53. The van der Waals surface area contributed by atoms with E-state index in [9.17, 15) is 0 Å². The quantitative estimate of drug-likeness (QED) is 0.396. The summed E-state index contributed by atoms with van der Waals surface area (Å²) in [4.78, 5) is 7.11. The number of rotatable bonds is 3. The van der Waals surface area contributed by atoms with E-state index in [-0.39, 0.29) is 0 Å². The van der Waals surface area contributed by atoms with Crippen LogP contribution in [0, 0.1) is 6.92 Å². The molecule has 0 unspecified atom stereocenters. The van der Waals surface area contributed by atoms with Gasteiger partial charge in [-0.2, -0.15) is 4.98 Å². The molecule has 0 aliphatic heterocycles. The van der Waals surface area contributed by atoms with Crippen molar-refractivity contribution >= 4 is 5.69 Å². The average Bonchev–Trinajstić information content (AvgIpc) is 2.99. The van der Waals surface area contributed by atoms with Gasteiger partial charge >= 0.3 is 0 Å². The van der Waals surface area contributed by atoms with Crippen molar-refractivity contribution in [2.45, 2.75) is 6.92 Å². The van der Waals surface area contributed by atoms with E-state index in [0.717, 1.165) is 11.1 Å². The number of benzene rings is 2. The normalized spacial score (nSPS) is 10.1. The highest BCUT2D eigenvalue weighted by molar-refractivity contribution is 5.61. The van der Waals surface area contributed by atoms with Gasteiger partial charge in [-0.3, -0.25) is 0 Å². The monoisotopic (exact) mass is 277 g/mol. The van der Waals surface area contributed by atoms with E-state index < -0.39 is 0 Å². The summed E-state index contributed by atoms with van der Waals surface area (Å²) in [6, 6.07) is 14.9. The minimum absolute atomic E-state index is 0.429. The lowest BCUT2D eigenvalue weighted by Crippen LogP contribution is -1.81. The smallest absolute Gasteiger partial charge is 0.258 e. The number of nitrogens with zero attached hydrogens (tertiary/aromatic N) is 5. The first-order valence-corrected chi connectivity index (χ1v) is 6.32. The second-order valence-electron chi connectivity index (χ2n) is 4.53. The molecule has 0 radical (unpaired) electrons. The van der Waals surface area contributed by atoms with Crippen LogP contribution in [0.15, 0.2) is 58.2 Å². The van der Waals surface area contributed by atoms with Gasteiger partial charge in [0.15, 0.2) is 0 Å². The van der Waals surface area contributed by atoms with E-state index in [1.54, 1.807) is 24.3 Å².